The van der Waals surface area contributed by atoms with Crippen molar-refractivity contribution in [2.24, 2.45) is 11.1 Å². The molecule has 1 amide bonds. The molecule has 3 N–H and O–H groups in total. The van der Waals surface area contributed by atoms with Crippen LogP contribution in [0.3, 0.4) is 0 Å². The third-order valence-electron chi connectivity index (χ3n) is 2.81. The molecular formula is C14H23ClFN3O. The van der Waals surface area contributed by atoms with Crippen molar-refractivity contribution in [1.29, 1.82) is 0 Å². The molecule has 0 saturated carbocycles. The summed E-state index contributed by atoms with van der Waals surface area (Å²) in [6.45, 7) is 5.54. The zero-order chi connectivity index (χ0) is 14.5. The van der Waals surface area contributed by atoms with Crippen LogP contribution in [0.2, 0.25) is 0 Å². The molecule has 0 heterocycles. The molecule has 0 aliphatic carbocycles. The van der Waals surface area contributed by atoms with Gasteiger partial charge in [0.05, 0.1) is 12.2 Å². The molecular weight excluding hydrogens is 281 g/mol. The van der Waals surface area contributed by atoms with Crippen LogP contribution < -0.4 is 11.1 Å². The summed E-state index contributed by atoms with van der Waals surface area (Å²) in [6, 6.07) is 6.12. The molecule has 6 heteroatoms. The summed E-state index contributed by atoms with van der Waals surface area (Å²) in [4.78, 5) is 13.7. The maximum atomic E-state index is 13.4. The van der Waals surface area contributed by atoms with Crippen LogP contribution in [0, 0.1) is 11.2 Å². The van der Waals surface area contributed by atoms with E-state index in [1.54, 1.807) is 12.1 Å². The highest BCUT2D eigenvalue weighted by Gasteiger charge is 2.19. The molecule has 0 aromatic heterocycles. The Labute approximate surface area is 125 Å². The maximum Gasteiger partial charge on any atom is 0.238 e. The average molecular weight is 304 g/mol. The number of amides is 1. The van der Waals surface area contributed by atoms with E-state index >= 15 is 0 Å². The summed E-state index contributed by atoms with van der Waals surface area (Å²) in [5.74, 6) is -0.666. The average Bonchev–Trinajstić information content (AvgIpc) is 2.31. The zero-order valence-corrected chi connectivity index (χ0v) is 13.0. The van der Waals surface area contributed by atoms with Crippen molar-refractivity contribution in [3.8, 4) is 0 Å². The maximum absolute atomic E-state index is 13.4. The molecule has 1 aromatic rings. The number of nitrogens with one attached hydrogen (secondary N) is 1. The van der Waals surface area contributed by atoms with Crippen LogP contribution in [0.5, 0.6) is 0 Å². The molecule has 0 fully saturated rings. The van der Waals surface area contributed by atoms with Gasteiger partial charge in [0.15, 0.2) is 0 Å². The van der Waals surface area contributed by atoms with Crippen LogP contribution in [0.4, 0.5) is 10.1 Å². The van der Waals surface area contributed by atoms with Gasteiger partial charge in [-0.1, -0.05) is 26.0 Å². The molecule has 1 aromatic carbocycles. The van der Waals surface area contributed by atoms with Gasteiger partial charge in [-0.2, -0.15) is 0 Å². The Bertz CT molecular complexity index is 440. The van der Waals surface area contributed by atoms with E-state index in [0.717, 1.165) is 0 Å². The molecule has 114 valence electrons. The number of hydrogen-bond acceptors (Lipinski definition) is 3. The number of halogens is 2. The Hall–Kier alpha value is -1.17. The molecule has 0 bridgehead atoms. The van der Waals surface area contributed by atoms with Gasteiger partial charge >= 0.3 is 0 Å². The molecule has 0 radical (unpaired) electrons. The highest BCUT2D eigenvalue weighted by molar-refractivity contribution is 5.92. The first kappa shape index (κ1) is 18.8. The number of rotatable bonds is 6. The number of nitrogens with two attached hydrogens (primary N) is 1. The summed E-state index contributed by atoms with van der Waals surface area (Å²) in [5.41, 5.74) is 5.81. The largest absolute Gasteiger partial charge is 0.330 e. The van der Waals surface area contributed by atoms with Gasteiger partial charge < -0.3 is 11.1 Å². The molecule has 4 nitrogen and oxygen atoms in total. The number of carbonyl (C=O) groups excluding carboxylic acids is 1. The van der Waals surface area contributed by atoms with Gasteiger partial charge in [-0.3, -0.25) is 9.69 Å². The van der Waals surface area contributed by atoms with Gasteiger partial charge in [-0.25, -0.2) is 4.39 Å². The smallest absolute Gasteiger partial charge is 0.238 e. The van der Waals surface area contributed by atoms with E-state index in [0.29, 0.717) is 13.1 Å². The minimum Gasteiger partial charge on any atom is -0.330 e. The van der Waals surface area contributed by atoms with E-state index in [9.17, 15) is 9.18 Å². The molecule has 0 aliphatic heterocycles. The minimum absolute atomic E-state index is 0. The van der Waals surface area contributed by atoms with Crippen molar-refractivity contribution < 1.29 is 9.18 Å². The number of para-hydroxylation sites is 1. The highest BCUT2D eigenvalue weighted by atomic mass is 35.5. The number of carbonyl (C=O) groups is 1. The van der Waals surface area contributed by atoms with E-state index < -0.39 is 5.82 Å². The van der Waals surface area contributed by atoms with Crippen LogP contribution in [0.25, 0.3) is 0 Å². The zero-order valence-electron chi connectivity index (χ0n) is 12.1. The summed E-state index contributed by atoms with van der Waals surface area (Å²) in [5, 5.41) is 2.56. The topological polar surface area (TPSA) is 58.4 Å². The summed E-state index contributed by atoms with van der Waals surface area (Å²) >= 11 is 0. The lowest BCUT2D eigenvalue weighted by atomic mass is 9.93. The Kier molecular flexibility index (Phi) is 7.71. The van der Waals surface area contributed by atoms with E-state index in [-0.39, 0.29) is 36.0 Å². The van der Waals surface area contributed by atoms with Crippen LogP contribution in [0.15, 0.2) is 24.3 Å². The first-order valence-corrected chi connectivity index (χ1v) is 6.27. The first-order valence-electron chi connectivity index (χ1n) is 6.27. The highest BCUT2D eigenvalue weighted by Crippen LogP contribution is 2.15. The van der Waals surface area contributed by atoms with Crippen molar-refractivity contribution in [2.45, 2.75) is 13.8 Å². The van der Waals surface area contributed by atoms with Crippen LogP contribution in [-0.4, -0.2) is 37.5 Å². The fourth-order valence-corrected chi connectivity index (χ4v) is 1.85. The Balaban J connectivity index is 0.00000361. The molecule has 0 saturated heterocycles. The SMILES string of the molecule is CN(CC(=O)Nc1ccccc1F)CC(C)(C)CN.Cl. The summed E-state index contributed by atoms with van der Waals surface area (Å²) < 4.78 is 13.4. The summed E-state index contributed by atoms with van der Waals surface area (Å²) in [7, 11) is 1.85. The fraction of sp³-hybridized carbons (Fsp3) is 0.500. The van der Waals surface area contributed by atoms with Gasteiger partial charge in [0.1, 0.15) is 5.82 Å². The molecule has 1 rings (SSSR count). The van der Waals surface area contributed by atoms with E-state index in [4.69, 9.17) is 5.73 Å². The number of anilines is 1. The number of nitrogens with zero attached hydrogens (tertiary/aromatic N) is 1. The third kappa shape index (κ3) is 6.32. The number of hydrogen-bond donors (Lipinski definition) is 2. The second-order valence-corrected chi connectivity index (χ2v) is 5.57. The van der Waals surface area contributed by atoms with E-state index in [1.807, 2.05) is 25.8 Å². The lowest BCUT2D eigenvalue weighted by Gasteiger charge is -2.28. The van der Waals surface area contributed by atoms with Crippen LogP contribution in [0.1, 0.15) is 13.8 Å². The normalized spacial score (nSPS) is 11.1. The van der Waals surface area contributed by atoms with Crippen molar-refractivity contribution >= 4 is 24.0 Å². The molecule has 0 aliphatic rings. The number of likely N-dealkylation sites (N-methyl/N-ethyl adjacent to an activating group) is 1. The fourth-order valence-electron chi connectivity index (χ4n) is 1.85. The minimum atomic E-state index is -0.430. The van der Waals surface area contributed by atoms with Crippen molar-refractivity contribution in [3.05, 3.63) is 30.1 Å². The standard InChI is InChI=1S/C14H22FN3O.ClH/c1-14(2,9-16)10-18(3)8-13(19)17-12-7-5-4-6-11(12)15;/h4-7H,8-10,16H2,1-3H3,(H,17,19);1H. The predicted molar refractivity (Wildman–Crippen MR) is 82.6 cm³/mol. The molecule has 0 unspecified atom stereocenters. The van der Waals surface area contributed by atoms with Crippen molar-refractivity contribution in [3.63, 3.8) is 0 Å². The molecule has 0 spiro atoms. The lowest BCUT2D eigenvalue weighted by molar-refractivity contribution is -0.117. The second kappa shape index (κ2) is 8.19. The Morgan fingerprint density at radius 1 is 1.40 bits per heavy atom. The van der Waals surface area contributed by atoms with E-state index in [2.05, 4.69) is 5.32 Å². The van der Waals surface area contributed by atoms with Gasteiger partial charge in [0.25, 0.3) is 0 Å². The van der Waals surface area contributed by atoms with Gasteiger partial charge in [-0.15, -0.1) is 12.4 Å². The summed E-state index contributed by atoms with van der Waals surface area (Å²) in [6.07, 6.45) is 0. The van der Waals surface area contributed by atoms with Crippen LogP contribution >= 0.6 is 12.4 Å². The Morgan fingerprint density at radius 3 is 2.55 bits per heavy atom. The predicted octanol–water partition coefficient (Wildman–Crippen LogP) is 2.10. The second-order valence-electron chi connectivity index (χ2n) is 5.57. The number of benzene rings is 1. The molecule has 0 atom stereocenters. The van der Waals surface area contributed by atoms with Crippen molar-refractivity contribution in [1.82, 2.24) is 4.90 Å². The van der Waals surface area contributed by atoms with Gasteiger partial charge in [0, 0.05) is 6.54 Å². The molecule has 20 heavy (non-hydrogen) atoms. The monoisotopic (exact) mass is 303 g/mol. The van der Waals surface area contributed by atoms with Crippen molar-refractivity contribution in [2.75, 3.05) is 32.0 Å². The van der Waals surface area contributed by atoms with Gasteiger partial charge in [-0.05, 0) is 31.1 Å². The third-order valence-corrected chi connectivity index (χ3v) is 2.81. The van der Waals surface area contributed by atoms with Gasteiger partial charge in [0.2, 0.25) is 5.91 Å². The quantitative estimate of drug-likeness (QED) is 0.846. The van der Waals surface area contributed by atoms with Crippen LogP contribution in [-0.2, 0) is 4.79 Å². The Morgan fingerprint density at radius 2 is 2.00 bits per heavy atom. The van der Waals surface area contributed by atoms with E-state index in [1.165, 1.54) is 12.1 Å². The lowest BCUT2D eigenvalue weighted by Crippen LogP contribution is -2.40. The first-order chi connectivity index (χ1) is 8.84.